The fraction of sp³-hybridized carbons (Fsp3) is 0.417. The first-order chi connectivity index (χ1) is 8.95. The van der Waals surface area contributed by atoms with Gasteiger partial charge in [0.1, 0.15) is 5.02 Å². The summed E-state index contributed by atoms with van der Waals surface area (Å²) < 4.78 is 0. The smallest absolute Gasteiger partial charge is 0.288 e. The second-order valence-corrected chi connectivity index (χ2v) is 4.51. The Morgan fingerprint density at radius 2 is 2.16 bits per heavy atom. The highest BCUT2D eigenvalue weighted by Gasteiger charge is 2.15. The van der Waals surface area contributed by atoms with Crippen LogP contribution in [0.4, 0.5) is 11.4 Å². The van der Waals surface area contributed by atoms with Crippen LogP contribution < -0.4 is 5.32 Å². The van der Waals surface area contributed by atoms with Gasteiger partial charge in [0.2, 0.25) is 5.91 Å². The van der Waals surface area contributed by atoms with Gasteiger partial charge in [-0.15, -0.1) is 0 Å². The normalized spacial score (nSPS) is 10.3. The van der Waals surface area contributed by atoms with Gasteiger partial charge < -0.3 is 10.4 Å². The molecule has 6 nitrogen and oxygen atoms in total. The number of benzene rings is 1. The molecule has 0 heterocycles. The number of aliphatic hydroxyl groups excluding tert-OH is 1. The van der Waals surface area contributed by atoms with Gasteiger partial charge in [-0.2, -0.15) is 0 Å². The van der Waals surface area contributed by atoms with E-state index in [2.05, 4.69) is 5.32 Å². The van der Waals surface area contributed by atoms with Crippen molar-refractivity contribution in [2.75, 3.05) is 11.9 Å². The van der Waals surface area contributed by atoms with Crippen molar-refractivity contribution in [3.63, 3.8) is 0 Å². The van der Waals surface area contributed by atoms with Crippen molar-refractivity contribution in [3.05, 3.63) is 32.8 Å². The van der Waals surface area contributed by atoms with Crippen molar-refractivity contribution in [2.45, 2.75) is 26.2 Å². The summed E-state index contributed by atoms with van der Waals surface area (Å²) in [4.78, 5) is 21.7. The number of carbonyl (C=O) groups excluding carboxylic acids is 1. The highest BCUT2D eigenvalue weighted by atomic mass is 35.5. The van der Waals surface area contributed by atoms with Crippen molar-refractivity contribution < 1.29 is 14.8 Å². The van der Waals surface area contributed by atoms with Gasteiger partial charge in [0.05, 0.1) is 4.92 Å². The first-order valence-corrected chi connectivity index (χ1v) is 6.18. The molecule has 0 saturated heterocycles. The number of amides is 1. The second kappa shape index (κ2) is 7.06. The molecule has 1 aromatic carbocycles. The maximum Gasteiger partial charge on any atom is 0.288 e. The van der Waals surface area contributed by atoms with Gasteiger partial charge in [0, 0.05) is 24.8 Å². The summed E-state index contributed by atoms with van der Waals surface area (Å²) in [5.41, 5.74) is 0.855. The van der Waals surface area contributed by atoms with E-state index in [1.807, 2.05) is 0 Å². The first-order valence-electron chi connectivity index (χ1n) is 5.81. The minimum absolute atomic E-state index is 0.0127. The van der Waals surface area contributed by atoms with Crippen LogP contribution in [0.1, 0.15) is 24.8 Å². The topological polar surface area (TPSA) is 92.5 Å². The van der Waals surface area contributed by atoms with Crippen molar-refractivity contribution in [2.24, 2.45) is 0 Å². The number of hydrogen-bond acceptors (Lipinski definition) is 4. The summed E-state index contributed by atoms with van der Waals surface area (Å²) in [5.74, 6) is -0.207. The molecule has 7 heteroatoms. The lowest BCUT2D eigenvalue weighted by Crippen LogP contribution is -2.12. The van der Waals surface area contributed by atoms with E-state index in [-0.39, 0.29) is 29.6 Å². The first kappa shape index (κ1) is 15.4. The van der Waals surface area contributed by atoms with Crippen LogP contribution in [0.5, 0.6) is 0 Å². The van der Waals surface area contributed by atoms with Gasteiger partial charge in [-0.1, -0.05) is 11.6 Å². The summed E-state index contributed by atoms with van der Waals surface area (Å²) in [7, 11) is 0. The molecule has 0 saturated carbocycles. The largest absolute Gasteiger partial charge is 0.396 e. The summed E-state index contributed by atoms with van der Waals surface area (Å²) in [6.45, 7) is 1.71. The molecule has 0 aliphatic rings. The van der Waals surface area contributed by atoms with Gasteiger partial charge >= 0.3 is 0 Å². The number of anilines is 1. The highest BCUT2D eigenvalue weighted by molar-refractivity contribution is 6.33. The number of rotatable bonds is 6. The predicted octanol–water partition coefficient (Wildman–Crippen LogP) is 2.66. The minimum atomic E-state index is -0.567. The maximum atomic E-state index is 11.6. The van der Waals surface area contributed by atoms with Crippen molar-refractivity contribution in [1.82, 2.24) is 0 Å². The van der Waals surface area contributed by atoms with Gasteiger partial charge in [-0.05, 0) is 31.4 Å². The quantitative estimate of drug-likeness (QED) is 0.478. The minimum Gasteiger partial charge on any atom is -0.396 e. The van der Waals surface area contributed by atoms with Crippen LogP contribution in [0.25, 0.3) is 0 Å². The number of halogens is 1. The number of aryl methyl sites for hydroxylation is 1. The number of aliphatic hydroxyl groups is 1. The zero-order chi connectivity index (χ0) is 14.4. The number of nitro benzene ring substituents is 1. The lowest BCUT2D eigenvalue weighted by Gasteiger charge is -2.09. The van der Waals surface area contributed by atoms with Gasteiger partial charge in [0.25, 0.3) is 5.69 Å². The molecule has 0 radical (unpaired) electrons. The van der Waals surface area contributed by atoms with E-state index in [1.165, 1.54) is 12.1 Å². The monoisotopic (exact) mass is 286 g/mol. The Balaban J connectivity index is 2.77. The average molecular weight is 287 g/mol. The Morgan fingerprint density at radius 1 is 1.47 bits per heavy atom. The molecule has 1 rings (SSSR count). The number of nitro groups is 1. The zero-order valence-corrected chi connectivity index (χ0v) is 11.2. The van der Waals surface area contributed by atoms with E-state index in [0.717, 1.165) is 0 Å². The van der Waals surface area contributed by atoms with Crippen molar-refractivity contribution in [3.8, 4) is 0 Å². The summed E-state index contributed by atoms with van der Waals surface area (Å²) >= 11 is 5.78. The number of carbonyl (C=O) groups is 1. The summed E-state index contributed by atoms with van der Waals surface area (Å²) in [6, 6.07) is 2.70. The van der Waals surface area contributed by atoms with E-state index in [9.17, 15) is 14.9 Å². The van der Waals surface area contributed by atoms with Crippen LogP contribution >= 0.6 is 11.6 Å². The molecule has 2 N–H and O–H groups in total. The molecule has 0 atom stereocenters. The third-order valence-electron chi connectivity index (χ3n) is 2.58. The fourth-order valence-electron chi connectivity index (χ4n) is 1.55. The van der Waals surface area contributed by atoms with Crippen LogP contribution in [0.3, 0.4) is 0 Å². The highest BCUT2D eigenvalue weighted by Crippen LogP contribution is 2.30. The van der Waals surface area contributed by atoms with Gasteiger partial charge in [-0.3, -0.25) is 14.9 Å². The molecule has 0 spiro atoms. The predicted molar refractivity (Wildman–Crippen MR) is 72.4 cm³/mol. The Hall–Kier alpha value is -1.66. The fourth-order valence-corrected chi connectivity index (χ4v) is 1.78. The van der Waals surface area contributed by atoms with Crippen molar-refractivity contribution >= 4 is 28.9 Å². The van der Waals surface area contributed by atoms with Gasteiger partial charge in [0.15, 0.2) is 0 Å². The lowest BCUT2D eigenvalue weighted by atomic mass is 10.1. The Morgan fingerprint density at radius 3 is 2.74 bits per heavy atom. The number of nitrogens with zero attached hydrogens (tertiary/aromatic N) is 1. The Bertz CT molecular complexity index is 491. The van der Waals surface area contributed by atoms with Crippen LogP contribution in [-0.4, -0.2) is 22.5 Å². The Kier molecular flexibility index (Phi) is 5.72. The molecule has 0 aliphatic carbocycles. The molecule has 19 heavy (non-hydrogen) atoms. The number of hydrogen-bond donors (Lipinski definition) is 2. The zero-order valence-electron chi connectivity index (χ0n) is 10.5. The molecule has 1 amide bonds. The maximum absolute atomic E-state index is 11.6. The molecule has 0 aliphatic heterocycles. The van der Waals surface area contributed by atoms with Crippen LogP contribution in [-0.2, 0) is 4.79 Å². The van der Waals surface area contributed by atoms with E-state index in [1.54, 1.807) is 6.92 Å². The molecule has 0 aromatic heterocycles. The van der Waals surface area contributed by atoms with Crippen molar-refractivity contribution in [1.29, 1.82) is 0 Å². The van der Waals surface area contributed by atoms with E-state index >= 15 is 0 Å². The molecule has 0 fully saturated rings. The number of unbranched alkanes of at least 4 members (excludes halogenated alkanes) is 1. The molecular weight excluding hydrogens is 272 g/mol. The molecular formula is C12H15ClN2O4. The SMILES string of the molecule is Cc1cc([N+](=O)[O-])c(Cl)cc1NC(=O)CCCCO. The summed E-state index contributed by atoms with van der Waals surface area (Å²) in [6.07, 6.45) is 1.43. The standard InChI is InChI=1S/C12H15ClN2O4/c1-8-6-11(15(18)19)9(13)7-10(8)14-12(17)4-2-3-5-16/h6-7,16H,2-5H2,1H3,(H,14,17). The van der Waals surface area contributed by atoms with E-state index in [0.29, 0.717) is 24.1 Å². The lowest BCUT2D eigenvalue weighted by molar-refractivity contribution is -0.384. The van der Waals surface area contributed by atoms with E-state index < -0.39 is 4.92 Å². The van der Waals surface area contributed by atoms with Crippen LogP contribution in [0.15, 0.2) is 12.1 Å². The van der Waals surface area contributed by atoms with E-state index in [4.69, 9.17) is 16.7 Å². The third-order valence-corrected chi connectivity index (χ3v) is 2.88. The van der Waals surface area contributed by atoms with Gasteiger partial charge in [-0.25, -0.2) is 0 Å². The van der Waals surface area contributed by atoms with Crippen LogP contribution in [0, 0.1) is 17.0 Å². The molecule has 0 bridgehead atoms. The number of nitrogens with one attached hydrogen (secondary N) is 1. The second-order valence-electron chi connectivity index (χ2n) is 4.10. The Labute approximate surface area is 115 Å². The average Bonchev–Trinajstić information content (AvgIpc) is 2.33. The third kappa shape index (κ3) is 4.50. The van der Waals surface area contributed by atoms with Crippen LogP contribution in [0.2, 0.25) is 5.02 Å². The summed E-state index contributed by atoms with van der Waals surface area (Å²) in [5, 5.41) is 21.9. The molecule has 0 unspecified atom stereocenters. The molecule has 104 valence electrons. The molecule has 1 aromatic rings.